The Morgan fingerprint density at radius 1 is 0.760 bits per heavy atom. The number of rotatable bonds is 3. The second-order valence-corrected chi connectivity index (χ2v) is 7.08. The summed E-state index contributed by atoms with van der Waals surface area (Å²) in [5, 5.41) is 4.34. The van der Waals surface area contributed by atoms with Gasteiger partial charge in [0.25, 0.3) is 0 Å². The molecule has 0 spiro atoms. The first-order valence-electron chi connectivity index (χ1n) is 7.60. The van der Waals surface area contributed by atoms with Crippen molar-refractivity contribution < 1.29 is 0 Å². The van der Waals surface area contributed by atoms with Gasteiger partial charge in [0.2, 0.25) is 0 Å². The summed E-state index contributed by atoms with van der Waals surface area (Å²) in [6.45, 7) is 0. The van der Waals surface area contributed by atoms with Crippen LogP contribution in [0.15, 0.2) is 75.9 Å². The predicted octanol–water partition coefficient (Wildman–Crippen LogP) is 5.96. The molecule has 4 nitrogen and oxygen atoms in total. The number of anilines is 2. The normalized spacial score (nSPS) is 10.8. The van der Waals surface area contributed by atoms with Gasteiger partial charge in [-0.25, -0.2) is 9.97 Å². The minimum Gasteiger partial charge on any atom is -0.340 e. The second-order valence-electron chi connectivity index (χ2n) is 5.37. The van der Waals surface area contributed by atoms with Gasteiger partial charge in [-0.3, -0.25) is 4.98 Å². The van der Waals surface area contributed by atoms with Gasteiger partial charge in [-0.1, -0.05) is 18.2 Å². The van der Waals surface area contributed by atoms with E-state index in [9.17, 15) is 0 Å². The predicted molar refractivity (Wildman–Crippen MR) is 108 cm³/mol. The number of aromatic nitrogens is 3. The van der Waals surface area contributed by atoms with Crippen LogP contribution < -0.4 is 5.32 Å². The highest BCUT2D eigenvalue weighted by Crippen LogP contribution is 2.35. The van der Waals surface area contributed by atoms with Gasteiger partial charge in [0, 0.05) is 38.0 Å². The third-order valence-corrected chi connectivity index (χ3v) is 5.05. The van der Waals surface area contributed by atoms with Crippen molar-refractivity contribution in [1.82, 2.24) is 15.0 Å². The van der Waals surface area contributed by atoms with Gasteiger partial charge in [-0.15, -0.1) is 0 Å². The molecule has 0 saturated carbocycles. The fraction of sp³-hybridized carbons (Fsp3) is 0. The van der Waals surface area contributed by atoms with Crippen LogP contribution in [0.4, 0.5) is 11.5 Å². The third kappa shape index (κ3) is 3.27. The van der Waals surface area contributed by atoms with Crippen LogP contribution in [-0.4, -0.2) is 15.0 Å². The Kier molecular flexibility index (Phi) is 4.46. The van der Waals surface area contributed by atoms with Gasteiger partial charge in [-0.05, 0) is 68.3 Å². The lowest BCUT2D eigenvalue weighted by Crippen LogP contribution is -2.00. The molecule has 6 heteroatoms. The van der Waals surface area contributed by atoms with E-state index in [0.29, 0.717) is 5.82 Å². The number of para-hydroxylation sites is 1. The molecular weight excluding hydrogens is 444 g/mol. The molecule has 0 atom stereocenters. The van der Waals surface area contributed by atoms with Crippen LogP contribution in [0, 0.1) is 0 Å². The van der Waals surface area contributed by atoms with Crippen LogP contribution in [0.25, 0.3) is 22.3 Å². The Hall–Kier alpha value is -2.31. The molecule has 2 aromatic heterocycles. The Bertz CT molecular complexity index is 1030. The lowest BCUT2D eigenvalue weighted by molar-refractivity contribution is 1.21. The molecule has 0 aliphatic carbocycles. The van der Waals surface area contributed by atoms with E-state index < -0.39 is 0 Å². The molecular formula is C19H12Br2N4. The van der Waals surface area contributed by atoms with E-state index in [0.717, 1.165) is 36.9 Å². The van der Waals surface area contributed by atoms with Gasteiger partial charge in [0.1, 0.15) is 5.82 Å². The SMILES string of the molecule is Brc1cccc(Br)c1-c1nc(Nc2ccncc2)c2ccccc2n1. The zero-order valence-corrected chi connectivity index (χ0v) is 16.1. The second kappa shape index (κ2) is 6.90. The maximum absolute atomic E-state index is 4.79. The van der Waals surface area contributed by atoms with Crippen molar-refractivity contribution in [3.63, 3.8) is 0 Å². The van der Waals surface area contributed by atoms with Gasteiger partial charge in [-0.2, -0.15) is 0 Å². The minimum atomic E-state index is 0.648. The lowest BCUT2D eigenvalue weighted by atomic mass is 10.2. The fourth-order valence-corrected chi connectivity index (χ4v) is 3.92. The monoisotopic (exact) mass is 454 g/mol. The maximum atomic E-state index is 4.79. The number of halogens is 2. The topological polar surface area (TPSA) is 50.7 Å². The molecule has 0 radical (unpaired) electrons. The van der Waals surface area contributed by atoms with Gasteiger partial charge >= 0.3 is 0 Å². The number of hydrogen-bond acceptors (Lipinski definition) is 4. The average molecular weight is 456 g/mol. The van der Waals surface area contributed by atoms with Crippen LogP contribution in [0.1, 0.15) is 0 Å². The molecule has 0 amide bonds. The van der Waals surface area contributed by atoms with Crippen molar-refractivity contribution in [3.05, 3.63) is 75.9 Å². The van der Waals surface area contributed by atoms with E-state index in [2.05, 4.69) is 42.2 Å². The molecule has 1 N–H and O–H groups in total. The summed E-state index contributed by atoms with van der Waals surface area (Å²) < 4.78 is 1.87. The quantitative estimate of drug-likeness (QED) is 0.414. The van der Waals surface area contributed by atoms with Crippen LogP contribution in [-0.2, 0) is 0 Å². The van der Waals surface area contributed by atoms with Crippen LogP contribution in [0.3, 0.4) is 0 Å². The zero-order chi connectivity index (χ0) is 17.2. The standard InChI is InChI=1S/C19H12Br2N4/c20-14-5-3-6-15(21)17(14)19-24-16-7-2-1-4-13(16)18(25-19)23-12-8-10-22-11-9-12/h1-11H,(H,22,23,24,25). The highest BCUT2D eigenvalue weighted by Gasteiger charge is 2.14. The van der Waals surface area contributed by atoms with Crippen molar-refractivity contribution in [2.24, 2.45) is 0 Å². The molecule has 0 bridgehead atoms. The molecule has 2 heterocycles. The lowest BCUT2D eigenvalue weighted by Gasteiger charge is -2.12. The number of fused-ring (bicyclic) bond motifs is 1. The fourth-order valence-electron chi connectivity index (χ4n) is 2.57. The molecule has 122 valence electrons. The molecule has 4 aromatic rings. The molecule has 0 fully saturated rings. The number of nitrogens with one attached hydrogen (secondary N) is 1. The maximum Gasteiger partial charge on any atom is 0.164 e. The molecule has 2 aromatic carbocycles. The summed E-state index contributed by atoms with van der Waals surface area (Å²) in [6.07, 6.45) is 3.49. The summed E-state index contributed by atoms with van der Waals surface area (Å²) in [4.78, 5) is 13.6. The first kappa shape index (κ1) is 16.2. The van der Waals surface area contributed by atoms with E-state index in [1.165, 1.54) is 0 Å². The number of pyridine rings is 1. The Balaban J connectivity index is 1.93. The summed E-state index contributed by atoms with van der Waals surface area (Å²) in [7, 11) is 0. The van der Waals surface area contributed by atoms with E-state index in [-0.39, 0.29) is 0 Å². The first-order chi connectivity index (χ1) is 12.2. The molecule has 0 aliphatic rings. The van der Waals surface area contributed by atoms with E-state index in [4.69, 9.17) is 9.97 Å². The zero-order valence-electron chi connectivity index (χ0n) is 12.9. The summed E-state index contributed by atoms with van der Waals surface area (Å²) >= 11 is 7.20. The summed E-state index contributed by atoms with van der Waals surface area (Å²) in [5.74, 6) is 1.41. The minimum absolute atomic E-state index is 0.648. The smallest absolute Gasteiger partial charge is 0.164 e. The van der Waals surface area contributed by atoms with Crippen LogP contribution in [0.5, 0.6) is 0 Å². The molecule has 0 saturated heterocycles. The number of benzene rings is 2. The largest absolute Gasteiger partial charge is 0.340 e. The van der Waals surface area contributed by atoms with Crippen LogP contribution in [0.2, 0.25) is 0 Å². The highest BCUT2D eigenvalue weighted by molar-refractivity contribution is 9.11. The van der Waals surface area contributed by atoms with Crippen molar-refractivity contribution in [3.8, 4) is 11.4 Å². The average Bonchev–Trinajstić information content (AvgIpc) is 2.62. The summed E-state index contributed by atoms with van der Waals surface area (Å²) in [5.41, 5.74) is 2.73. The number of nitrogens with zero attached hydrogens (tertiary/aromatic N) is 3. The highest BCUT2D eigenvalue weighted by atomic mass is 79.9. The van der Waals surface area contributed by atoms with Crippen molar-refractivity contribution in [2.45, 2.75) is 0 Å². The van der Waals surface area contributed by atoms with Gasteiger partial charge in [0.15, 0.2) is 5.82 Å². The molecule has 25 heavy (non-hydrogen) atoms. The molecule has 0 unspecified atom stereocenters. The van der Waals surface area contributed by atoms with Crippen molar-refractivity contribution >= 4 is 54.3 Å². The van der Waals surface area contributed by atoms with Crippen LogP contribution >= 0.6 is 31.9 Å². The molecule has 0 aliphatic heterocycles. The van der Waals surface area contributed by atoms with E-state index >= 15 is 0 Å². The molecule has 4 rings (SSSR count). The Labute approximate surface area is 161 Å². The summed E-state index contributed by atoms with van der Waals surface area (Å²) in [6, 6.07) is 17.7. The number of hydrogen-bond donors (Lipinski definition) is 1. The van der Waals surface area contributed by atoms with Crippen molar-refractivity contribution in [2.75, 3.05) is 5.32 Å². The van der Waals surface area contributed by atoms with E-state index in [1.54, 1.807) is 12.4 Å². The van der Waals surface area contributed by atoms with Gasteiger partial charge < -0.3 is 5.32 Å². The van der Waals surface area contributed by atoms with E-state index in [1.807, 2.05) is 54.6 Å². The third-order valence-electron chi connectivity index (χ3n) is 3.73. The first-order valence-corrected chi connectivity index (χ1v) is 9.19. The Morgan fingerprint density at radius 3 is 2.24 bits per heavy atom. The van der Waals surface area contributed by atoms with Gasteiger partial charge in [0.05, 0.1) is 5.52 Å². The van der Waals surface area contributed by atoms with Crippen molar-refractivity contribution in [1.29, 1.82) is 0 Å². The Morgan fingerprint density at radius 2 is 1.48 bits per heavy atom.